The molecule has 38 heavy (non-hydrogen) atoms. The highest BCUT2D eigenvalue weighted by atomic mass is 16.5. The Morgan fingerprint density at radius 2 is 1.45 bits per heavy atom. The Hall–Kier alpha value is -4.54. The summed E-state index contributed by atoms with van der Waals surface area (Å²) in [4.78, 5) is 11.3. The summed E-state index contributed by atoms with van der Waals surface area (Å²) in [6.07, 6.45) is 1.32. The van der Waals surface area contributed by atoms with Gasteiger partial charge in [-0.25, -0.2) is 4.98 Å². The third kappa shape index (κ3) is 4.29. The maximum absolute atomic E-state index is 11.1. The molecule has 4 aromatic rings. The third-order valence-electron chi connectivity index (χ3n) is 7.02. The second-order valence-electron chi connectivity index (χ2n) is 9.03. The van der Waals surface area contributed by atoms with E-state index in [0.29, 0.717) is 82.7 Å². The molecule has 0 amide bonds. The summed E-state index contributed by atoms with van der Waals surface area (Å²) in [6.45, 7) is 1.23. The van der Waals surface area contributed by atoms with E-state index in [2.05, 4.69) is 9.88 Å². The lowest BCUT2D eigenvalue weighted by Crippen LogP contribution is -2.35. The lowest BCUT2D eigenvalue weighted by atomic mass is 10.0. The number of hydrogen-bond acceptors (Lipinski definition) is 10. The standard InChI is InChI=1S/C27H31N5O6/c1-35-20-6-5-15(11-21(20)36-2)17-13-24(33)32(26(17)34)16-7-9-31(10-8-16)27-29-19-14-23(38-4)22(37-3)12-18(19)25(28)30-27/h5-6,11-14,16,33-34H,7-10H2,1-4H3,(H2,28,29,30). The van der Waals surface area contributed by atoms with Gasteiger partial charge in [-0.1, -0.05) is 6.07 Å². The molecule has 0 aliphatic carbocycles. The number of ether oxygens (including phenoxy) is 4. The van der Waals surface area contributed by atoms with Crippen molar-refractivity contribution in [3.05, 3.63) is 36.4 Å². The summed E-state index contributed by atoms with van der Waals surface area (Å²) >= 11 is 0. The molecule has 1 aliphatic rings. The van der Waals surface area contributed by atoms with Crippen LogP contribution in [0.5, 0.6) is 34.8 Å². The monoisotopic (exact) mass is 521 g/mol. The fraction of sp³-hybridized carbons (Fsp3) is 0.333. The molecule has 0 atom stereocenters. The summed E-state index contributed by atoms with van der Waals surface area (Å²) < 4.78 is 23.1. The maximum atomic E-state index is 11.1. The molecule has 200 valence electrons. The zero-order chi connectivity index (χ0) is 27.0. The van der Waals surface area contributed by atoms with Gasteiger partial charge in [-0.3, -0.25) is 4.57 Å². The first-order valence-electron chi connectivity index (χ1n) is 12.2. The van der Waals surface area contributed by atoms with Gasteiger partial charge < -0.3 is 39.8 Å². The first kappa shape index (κ1) is 25.1. The van der Waals surface area contributed by atoms with Gasteiger partial charge in [-0.15, -0.1) is 0 Å². The first-order chi connectivity index (χ1) is 18.4. The normalized spacial score (nSPS) is 14.1. The van der Waals surface area contributed by atoms with E-state index in [4.69, 9.17) is 29.7 Å². The van der Waals surface area contributed by atoms with Crippen LogP contribution in [0.3, 0.4) is 0 Å². The quantitative estimate of drug-likeness (QED) is 0.328. The van der Waals surface area contributed by atoms with Crippen LogP contribution < -0.4 is 29.6 Å². The van der Waals surface area contributed by atoms with Crippen molar-refractivity contribution in [1.82, 2.24) is 14.5 Å². The van der Waals surface area contributed by atoms with Crippen LogP contribution in [0.4, 0.5) is 11.8 Å². The molecule has 2 aromatic heterocycles. The minimum atomic E-state index is -0.109. The number of aromatic hydroxyl groups is 2. The fourth-order valence-electron chi connectivity index (χ4n) is 5.01. The molecule has 1 fully saturated rings. The molecule has 11 nitrogen and oxygen atoms in total. The molecule has 0 bridgehead atoms. The third-order valence-corrected chi connectivity index (χ3v) is 7.02. The Balaban J connectivity index is 1.37. The van der Waals surface area contributed by atoms with Crippen LogP contribution in [0.25, 0.3) is 22.0 Å². The number of nitrogens with zero attached hydrogens (tertiary/aromatic N) is 4. The van der Waals surface area contributed by atoms with Crippen LogP contribution in [0, 0.1) is 0 Å². The molecule has 4 N–H and O–H groups in total. The minimum absolute atomic E-state index is 0.000381. The fourth-order valence-corrected chi connectivity index (χ4v) is 5.01. The molecular formula is C27H31N5O6. The van der Waals surface area contributed by atoms with Crippen molar-refractivity contribution in [1.29, 1.82) is 0 Å². The Bertz CT molecular complexity index is 1480. The highest BCUT2D eigenvalue weighted by Gasteiger charge is 2.28. The number of benzene rings is 2. The van der Waals surface area contributed by atoms with E-state index in [9.17, 15) is 10.2 Å². The zero-order valence-electron chi connectivity index (χ0n) is 21.8. The molecular weight excluding hydrogens is 490 g/mol. The van der Waals surface area contributed by atoms with Gasteiger partial charge in [0.2, 0.25) is 11.8 Å². The van der Waals surface area contributed by atoms with Gasteiger partial charge in [0.1, 0.15) is 5.82 Å². The number of nitrogen functional groups attached to an aromatic ring is 1. The number of hydrogen-bond donors (Lipinski definition) is 3. The number of fused-ring (bicyclic) bond motifs is 1. The van der Waals surface area contributed by atoms with Crippen molar-refractivity contribution >= 4 is 22.7 Å². The molecule has 11 heteroatoms. The lowest BCUT2D eigenvalue weighted by Gasteiger charge is -2.33. The van der Waals surface area contributed by atoms with Gasteiger partial charge in [0, 0.05) is 42.2 Å². The van der Waals surface area contributed by atoms with Crippen LogP contribution in [0.2, 0.25) is 0 Å². The number of methoxy groups -OCH3 is 4. The molecule has 1 aliphatic heterocycles. The van der Waals surface area contributed by atoms with Crippen LogP contribution in [-0.4, -0.2) is 66.3 Å². The smallest absolute Gasteiger partial charge is 0.227 e. The average molecular weight is 522 g/mol. The molecule has 3 heterocycles. The van der Waals surface area contributed by atoms with E-state index in [1.54, 1.807) is 63.3 Å². The number of anilines is 2. The largest absolute Gasteiger partial charge is 0.494 e. The summed E-state index contributed by atoms with van der Waals surface area (Å²) in [6, 6.07) is 10.4. The predicted molar refractivity (Wildman–Crippen MR) is 144 cm³/mol. The van der Waals surface area contributed by atoms with Crippen LogP contribution in [0.15, 0.2) is 36.4 Å². The molecule has 0 radical (unpaired) electrons. The Morgan fingerprint density at radius 3 is 2.11 bits per heavy atom. The van der Waals surface area contributed by atoms with Gasteiger partial charge >= 0.3 is 0 Å². The van der Waals surface area contributed by atoms with Crippen LogP contribution >= 0.6 is 0 Å². The topological polar surface area (TPSA) is 137 Å². The molecule has 1 saturated heterocycles. The van der Waals surface area contributed by atoms with Gasteiger partial charge in [-0.05, 0) is 36.6 Å². The van der Waals surface area contributed by atoms with Gasteiger partial charge in [0.05, 0.1) is 34.0 Å². The summed E-state index contributed by atoms with van der Waals surface area (Å²) in [5, 5.41) is 22.5. The molecule has 0 spiro atoms. The number of aromatic nitrogens is 3. The lowest BCUT2D eigenvalue weighted by molar-refractivity contribution is 0.300. The Labute approximate surface area is 220 Å². The van der Waals surface area contributed by atoms with Crippen molar-refractivity contribution in [2.24, 2.45) is 0 Å². The van der Waals surface area contributed by atoms with E-state index in [-0.39, 0.29) is 17.8 Å². The van der Waals surface area contributed by atoms with Crippen molar-refractivity contribution < 1.29 is 29.2 Å². The van der Waals surface area contributed by atoms with E-state index in [1.165, 1.54) is 0 Å². The van der Waals surface area contributed by atoms with Crippen molar-refractivity contribution in [3.63, 3.8) is 0 Å². The van der Waals surface area contributed by atoms with Gasteiger partial charge in [0.15, 0.2) is 28.9 Å². The van der Waals surface area contributed by atoms with Crippen LogP contribution in [-0.2, 0) is 0 Å². The second-order valence-corrected chi connectivity index (χ2v) is 9.03. The molecule has 0 saturated carbocycles. The molecule has 2 aromatic carbocycles. The average Bonchev–Trinajstić information content (AvgIpc) is 3.25. The molecule has 0 unspecified atom stereocenters. The van der Waals surface area contributed by atoms with Crippen LogP contribution in [0.1, 0.15) is 18.9 Å². The summed E-state index contributed by atoms with van der Waals surface area (Å²) in [5.74, 6) is 3.12. The second kappa shape index (κ2) is 10.1. The van der Waals surface area contributed by atoms with E-state index < -0.39 is 0 Å². The molecule has 5 rings (SSSR count). The minimum Gasteiger partial charge on any atom is -0.494 e. The SMILES string of the molecule is COc1ccc(-c2cc(O)n(C3CCN(c4nc(N)c5cc(OC)c(OC)cc5n4)CC3)c2O)cc1OC. The summed E-state index contributed by atoms with van der Waals surface area (Å²) in [5.41, 5.74) is 8.15. The predicted octanol–water partition coefficient (Wildman–Crippen LogP) is 3.97. The Kier molecular flexibility index (Phi) is 6.66. The highest BCUT2D eigenvalue weighted by molar-refractivity contribution is 5.91. The maximum Gasteiger partial charge on any atom is 0.227 e. The first-order valence-corrected chi connectivity index (χ1v) is 12.2. The van der Waals surface area contributed by atoms with Gasteiger partial charge in [-0.2, -0.15) is 4.98 Å². The number of nitrogens with two attached hydrogens (primary N) is 1. The van der Waals surface area contributed by atoms with Crippen molar-refractivity contribution in [2.75, 3.05) is 52.2 Å². The van der Waals surface area contributed by atoms with Crippen molar-refractivity contribution in [3.8, 4) is 45.9 Å². The Morgan fingerprint density at radius 1 is 0.816 bits per heavy atom. The van der Waals surface area contributed by atoms with E-state index in [0.717, 1.165) is 0 Å². The van der Waals surface area contributed by atoms with Crippen molar-refractivity contribution in [2.45, 2.75) is 18.9 Å². The number of rotatable bonds is 7. The summed E-state index contributed by atoms with van der Waals surface area (Å²) in [7, 11) is 6.26. The zero-order valence-corrected chi connectivity index (χ0v) is 21.8. The highest BCUT2D eigenvalue weighted by Crippen LogP contribution is 2.43. The van der Waals surface area contributed by atoms with E-state index in [1.807, 2.05) is 6.07 Å². The van der Waals surface area contributed by atoms with E-state index >= 15 is 0 Å². The number of piperidine rings is 1. The van der Waals surface area contributed by atoms with Gasteiger partial charge in [0.25, 0.3) is 0 Å².